The first-order valence-electron chi connectivity index (χ1n) is 12.4. The molecule has 4 aromatic rings. The van der Waals surface area contributed by atoms with E-state index in [1.165, 1.54) is 16.8 Å². The van der Waals surface area contributed by atoms with E-state index in [0.29, 0.717) is 10.8 Å². The number of hydrogen-bond donors (Lipinski definition) is 2. The van der Waals surface area contributed by atoms with E-state index in [1.54, 1.807) is 18.3 Å². The van der Waals surface area contributed by atoms with Gasteiger partial charge in [0.05, 0.1) is 29.7 Å². The number of rotatable bonds is 6. The summed E-state index contributed by atoms with van der Waals surface area (Å²) in [5.74, 6) is 0. The third kappa shape index (κ3) is 4.79. The maximum absolute atomic E-state index is 11.7. The van der Waals surface area contributed by atoms with Crippen molar-refractivity contribution in [3.05, 3.63) is 107 Å². The first-order valence-corrected chi connectivity index (χ1v) is 14.7. The van der Waals surface area contributed by atoms with Crippen LogP contribution in [0.25, 0.3) is 5.69 Å². The summed E-state index contributed by atoms with van der Waals surface area (Å²) in [5, 5.41) is 4.10. The van der Waals surface area contributed by atoms with Crippen molar-refractivity contribution in [3.8, 4) is 5.69 Å². The first kappa shape index (κ1) is 25.9. The largest absolute Gasteiger partial charge is 0.351 e. The van der Waals surface area contributed by atoms with E-state index in [1.807, 2.05) is 30.3 Å². The second-order valence-electron chi connectivity index (χ2n) is 9.82. The van der Waals surface area contributed by atoms with Gasteiger partial charge in [0, 0.05) is 29.0 Å². The molecule has 5 rings (SSSR count). The molecule has 2 N–H and O–H groups in total. The lowest BCUT2D eigenvalue weighted by molar-refractivity contribution is 0.565. The molecule has 0 amide bonds. The summed E-state index contributed by atoms with van der Waals surface area (Å²) in [6.07, 6.45) is 2.94. The predicted octanol–water partition coefficient (Wildman–Crippen LogP) is 5.65. The summed E-state index contributed by atoms with van der Waals surface area (Å²) in [6.45, 7) is 8.57. The normalized spacial score (nSPS) is 17.5. The topological polar surface area (TPSA) is 79.3 Å². The Morgan fingerprint density at radius 3 is 2.24 bits per heavy atom. The molecule has 2 aromatic carbocycles. The fourth-order valence-corrected chi connectivity index (χ4v) is 6.35. The van der Waals surface area contributed by atoms with E-state index in [9.17, 15) is 8.42 Å². The number of thiocarbonyl (C=S) groups is 1. The SMILES string of the molecule is Cc1cccc(C)c1-n1c(C)cc([C@H]2[C@@H](c3ccccn3)NC(=S)N2c2ccc(NS(C)(=O)=O)cc2)c1C. The van der Waals surface area contributed by atoms with Crippen LogP contribution in [-0.2, 0) is 10.0 Å². The molecule has 2 atom stereocenters. The van der Waals surface area contributed by atoms with E-state index in [0.717, 1.165) is 34.6 Å². The molecule has 3 heterocycles. The number of hydrogen-bond acceptors (Lipinski definition) is 4. The lowest BCUT2D eigenvalue weighted by atomic mass is 9.96. The number of aryl methyl sites for hydroxylation is 3. The van der Waals surface area contributed by atoms with Gasteiger partial charge in [0.25, 0.3) is 0 Å². The Hall–Kier alpha value is -3.69. The second-order valence-corrected chi connectivity index (χ2v) is 12.0. The van der Waals surface area contributed by atoms with Crippen molar-refractivity contribution in [2.45, 2.75) is 39.8 Å². The average Bonchev–Trinajstić information content (AvgIpc) is 3.35. The van der Waals surface area contributed by atoms with E-state index >= 15 is 0 Å². The van der Waals surface area contributed by atoms with Gasteiger partial charge in [0.1, 0.15) is 0 Å². The highest BCUT2D eigenvalue weighted by Crippen LogP contribution is 2.44. The second kappa shape index (κ2) is 9.89. The molecule has 0 saturated carbocycles. The lowest BCUT2D eigenvalue weighted by Gasteiger charge is -2.28. The molecular weight excluding hydrogens is 514 g/mol. The monoisotopic (exact) mass is 545 g/mol. The van der Waals surface area contributed by atoms with Crippen LogP contribution in [0.1, 0.15) is 45.9 Å². The summed E-state index contributed by atoms with van der Waals surface area (Å²) >= 11 is 5.88. The third-order valence-electron chi connectivity index (χ3n) is 7.00. The molecule has 1 aliphatic heterocycles. The number of nitrogens with zero attached hydrogens (tertiary/aromatic N) is 3. The van der Waals surface area contributed by atoms with Gasteiger partial charge in [-0.1, -0.05) is 24.3 Å². The Balaban J connectivity index is 1.65. The van der Waals surface area contributed by atoms with E-state index in [4.69, 9.17) is 12.2 Å². The zero-order chi connectivity index (χ0) is 27.2. The van der Waals surface area contributed by atoms with Gasteiger partial charge >= 0.3 is 0 Å². The molecule has 0 spiro atoms. The maximum Gasteiger partial charge on any atom is 0.229 e. The molecule has 1 aliphatic rings. The minimum Gasteiger partial charge on any atom is -0.351 e. The summed E-state index contributed by atoms with van der Waals surface area (Å²) < 4.78 is 28.3. The van der Waals surface area contributed by atoms with Crippen LogP contribution in [-0.4, -0.2) is 29.3 Å². The molecule has 0 radical (unpaired) electrons. The zero-order valence-corrected chi connectivity index (χ0v) is 23.7. The summed E-state index contributed by atoms with van der Waals surface area (Å²) in [4.78, 5) is 6.77. The van der Waals surface area contributed by atoms with Crippen molar-refractivity contribution in [2.75, 3.05) is 15.9 Å². The minimum absolute atomic E-state index is 0.171. The van der Waals surface area contributed by atoms with Crippen molar-refractivity contribution in [1.82, 2.24) is 14.9 Å². The van der Waals surface area contributed by atoms with Crippen molar-refractivity contribution >= 4 is 38.7 Å². The van der Waals surface area contributed by atoms with Gasteiger partial charge in [-0.15, -0.1) is 0 Å². The molecule has 0 bridgehead atoms. The van der Waals surface area contributed by atoms with E-state index in [2.05, 4.69) is 76.5 Å². The molecular formula is C29H31N5O2S2. The Morgan fingerprint density at radius 1 is 0.947 bits per heavy atom. The van der Waals surface area contributed by atoms with Gasteiger partial charge < -0.3 is 14.8 Å². The van der Waals surface area contributed by atoms with E-state index < -0.39 is 10.0 Å². The van der Waals surface area contributed by atoms with Crippen LogP contribution in [0.4, 0.5) is 11.4 Å². The average molecular weight is 546 g/mol. The highest BCUT2D eigenvalue weighted by Gasteiger charge is 2.42. The van der Waals surface area contributed by atoms with Crippen LogP contribution in [0.5, 0.6) is 0 Å². The van der Waals surface area contributed by atoms with Gasteiger partial charge in [0.2, 0.25) is 10.0 Å². The molecule has 2 aromatic heterocycles. The molecule has 0 aliphatic carbocycles. The molecule has 38 heavy (non-hydrogen) atoms. The molecule has 9 heteroatoms. The van der Waals surface area contributed by atoms with Gasteiger partial charge in [-0.25, -0.2) is 8.42 Å². The molecule has 7 nitrogen and oxygen atoms in total. The van der Waals surface area contributed by atoms with Gasteiger partial charge in [-0.3, -0.25) is 9.71 Å². The van der Waals surface area contributed by atoms with Gasteiger partial charge in [0.15, 0.2) is 5.11 Å². The fraction of sp³-hybridized carbons (Fsp3) is 0.241. The number of nitrogens with one attached hydrogen (secondary N) is 2. The zero-order valence-electron chi connectivity index (χ0n) is 22.1. The number of benzene rings is 2. The van der Waals surface area contributed by atoms with Crippen molar-refractivity contribution in [2.24, 2.45) is 0 Å². The van der Waals surface area contributed by atoms with Crippen LogP contribution >= 0.6 is 12.2 Å². The third-order valence-corrected chi connectivity index (χ3v) is 7.92. The summed E-state index contributed by atoms with van der Waals surface area (Å²) in [5.41, 5.74) is 9.30. The smallest absolute Gasteiger partial charge is 0.229 e. The predicted molar refractivity (Wildman–Crippen MR) is 158 cm³/mol. The maximum atomic E-state index is 11.7. The molecule has 0 unspecified atom stereocenters. The number of anilines is 2. The Morgan fingerprint density at radius 2 is 1.63 bits per heavy atom. The molecule has 1 saturated heterocycles. The Labute approximate surface area is 229 Å². The standard InChI is InChI=1S/C29H31N5O2S2/c1-18-9-8-10-19(2)27(18)33-20(3)17-24(21(33)4)28-26(25-11-6-7-16-30-25)31-29(37)34(28)23-14-12-22(13-15-23)32-38(5,35)36/h6-17,26,28,32H,1-5H3,(H,31,37)/t26-,28+/m1/s1. The van der Waals surface area contributed by atoms with Crippen molar-refractivity contribution < 1.29 is 8.42 Å². The van der Waals surface area contributed by atoms with Crippen LogP contribution in [0, 0.1) is 27.7 Å². The van der Waals surface area contributed by atoms with Crippen molar-refractivity contribution in [1.29, 1.82) is 0 Å². The van der Waals surface area contributed by atoms with Crippen LogP contribution in [0.2, 0.25) is 0 Å². The van der Waals surface area contributed by atoms with Crippen LogP contribution < -0.4 is 14.9 Å². The van der Waals surface area contributed by atoms with Crippen LogP contribution in [0.15, 0.2) is 72.9 Å². The highest BCUT2D eigenvalue weighted by molar-refractivity contribution is 7.92. The van der Waals surface area contributed by atoms with Crippen molar-refractivity contribution in [3.63, 3.8) is 0 Å². The lowest BCUT2D eigenvalue weighted by Crippen LogP contribution is -2.29. The summed E-state index contributed by atoms with van der Waals surface area (Å²) in [6, 6.07) is 21.5. The van der Waals surface area contributed by atoms with Gasteiger partial charge in [-0.05, 0) is 99.1 Å². The number of aromatic nitrogens is 2. The molecule has 196 valence electrons. The highest BCUT2D eigenvalue weighted by atomic mass is 32.2. The first-order chi connectivity index (χ1) is 18.0. The number of sulfonamides is 1. The van der Waals surface area contributed by atoms with Gasteiger partial charge in [-0.2, -0.15) is 0 Å². The quantitative estimate of drug-likeness (QED) is 0.305. The van der Waals surface area contributed by atoms with E-state index in [-0.39, 0.29) is 12.1 Å². The Kier molecular flexibility index (Phi) is 6.75. The number of pyridine rings is 1. The fourth-order valence-electron chi connectivity index (χ4n) is 5.44. The van der Waals surface area contributed by atoms with Crippen LogP contribution in [0.3, 0.4) is 0 Å². The molecule has 1 fully saturated rings. The Bertz CT molecular complexity index is 1590. The minimum atomic E-state index is -3.37. The summed E-state index contributed by atoms with van der Waals surface area (Å²) in [7, 11) is -3.37. The number of para-hydroxylation sites is 1.